The van der Waals surface area contributed by atoms with Crippen molar-refractivity contribution in [1.82, 2.24) is 5.32 Å². The van der Waals surface area contributed by atoms with Gasteiger partial charge in [-0.25, -0.2) is 0 Å². The van der Waals surface area contributed by atoms with Crippen LogP contribution in [0.1, 0.15) is 43.0 Å². The van der Waals surface area contributed by atoms with Crippen molar-refractivity contribution < 1.29 is 4.74 Å². The van der Waals surface area contributed by atoms with Crippen LogP contribution >= 0.6 is 0 Å². The summed E-state index contributed by atoms with van der Waals surface area (Å²) >= 11 is 0. The van der Waals surface area contributed by atoms with Crippen molar-refractivity contribution in [2.45, 2.75) is 40.2 Å². The maximum absolute atomic E-state index is 5.77. The molecule has 0 spiro atoms. The Hall–Kier alpha value is -0.860. The summed E-state index contributed by atoms with van der Waals surface area (Å²) in [6.07, 6.45) is 1.13. The molecule has 0 aliphatic rings. The number of aryl methyl sites for hydroxylation is 2. The van der Waals surface area contributed by atoms with Crippen molar-refractivity contribution in [3.8, 4) is 0 Å². The van der Waals surface area contributed by atoms with Gasteiger partial charge < -0.3 is 10.1 Å². The van der Waals surface area contributed by atoms with Gasteiger partial charge in [0.2, 0.25) is 0 Å². The fourth-order valence-electron chi connectivity index (χ4n) is 2.08. The zero-order valence-corrected chi connectivity index (χ0v) is 12.4. The minimum absolute atomic E-state index is 0.288. The van der Waals surface area contributed by atoms with E-state index in [-0.39, 0.29) is 6.04 Å². The molecule has 2 nitrogen and oxygen atoms in total. The highest BCUT2D eigenvalue weighted by Crippen LogP contribution is 2.17. The van der Waals surface area contributed by atoms with Crippen LogP contribution in [0.2, 0.25) is 0 Å². The normalized spacial score (nSPS) is 13.0. The molecule has 1 aromatic rings. The van der Waals surface area contributed by atoms with Gasteiger partial charge in [0, 0.05) is 6.61 Å². The summed E-state index contributed by atoms with van der Waals surface area (Å²) in [6, 6.07) is 6.96. The highest BCUT2D eigenvalue weighted by Gasteiger charge is 2.10. The smallest absolute Gasteiger partial charge is 0.0661 e. The van der Waals surface area contributed by atoms with Crippen molar-refractivity contribution in [2.75, 3.05) is 20.3 Å². The van der Waals surface area contributed by atoms with Gasteiger partial charge in [-0.3, -0.25) is 0 Å². The van der Waals surface area contributed by atoms with Crippen LogP contribution in [0.5, 0.6) is 0 Å². The summed E-state index contributed by atoms with van der Waals surface area (Å²) in [5.74, 6) is 0.708. The Morgan fingerprint density at radius 1 is 1.11 bits per heavy atom. The van der Waals surface area contributed by atoms with Gasteiger partial charge in [0.1, 0.15) is 0 Å². The molecule has 0 aromatic heterocycles. The van der Waals surface area contributed by atoms with Crippen LogP contribution in [-0.2, 0) is 4.74 Å². The highest BCUT2D eigenvalue weighted by atomic mass is 16.5. The molecular formula is C16H27NO. The number of nitrogens with one attached hydrogen (secondary N) is 1. The quantitative estimate of drug-likeness (QED) is 0.745. The maximum atomic E-state index is 5.77. The second-order valence-corrected chi connectivity index (χ2v) is 5.52. The first-order chi connectivity index (χ1) is 8.52. The molecule has 0 amide bonds. The second kappa shape index (κ2) is 7.55. The molecule has 1 N–H and O–H groups in total. The van der Waals surface area contributed by atoms with Crippen molar-refractivity contribution >= 4 is 0 Å². The highest BCUT2D eigenvalue weighted by molar-refractivity contribution is 5.30. The minimum atomic E-state index is 0.288. The minimum Gasteiger partial charge on any atom is -0.379 e. The van der Waals surface area contributed by atoms with Gasteiger partial charge in [0.05, 0.1) is 12.6 Å². The lowest BCUT2D eigenvalue weighted by Gasteiger charge is -2.18. The molecule has 0 saturated heterocycles. The molecule has 0 bridgehead atoms. The van der Waals surface area contributed by atoms with Crippen molar-refractivity contribution in [3.63, 3.8) is 0 Å². The molecule has 1 unspecified atom stereocenters. The fourth-order valence-corrected chi connectivity index (χ4v) is 2.08. The fraction of sp³-hybridized carbons (Fsp3) is 0.625. The van der Waals surface area contributed by atoms with Gasteiger partial charge in [-0.05, 0) is 38.8 Å². The molecule has 0 aliphatic heterocycles. The summed E-state index contributed by atoms with van der Waals surface area (Å²) in [5, 5.41) is 3.34. The first kappa shape index (κ1) is 15.2. The number of hydrogen-bond acceptors (Lipinski definition) is 2. The Morgan fingerprint density at radius 2 is 1.72 bits per heavy atom. The first-order valence-corrected chi connectivity index (χ1v) is 6.86. The molecular weight excluding hydrogens is 222 g/mol. The Kier molecular flexibility index (Phi) is 6.37. The molecule has 0 radical (unpaired) electrons. The lowest BCUT2D eigenvalue weighted by Crippen LogP contribution is -2.22. The van der Waals surface area contributed by atoms with E-state index in [0.29, 0.717) is 5.92 Å². The van der Waals surface area contributed by atoms with Crippen molar-refractivity contribution in [1.29, 1.82) is 0 Å². The third-order valence-electron chi connectivity index (χ3n) is 3.12. The predicted octanol–water partition coefficient (Wildman–Crippen LogP) is 3.63. The van der Waals surface area contributed by atoms with Crippen LogP contribution in [0.25, 0.3) is 0 Å². The van der Waals surface area contributed by atoms with Gasteiger partial charge in [-0.1, -0.05) is 43.2 Å². The summed E-state index contributed by atoms with van der Waals surface area (Å²) in [4.78, 5) is 0. The van der Waals surface area contributed by atoms with E-state index in [0.717, 1.165) is 19.6 Å². The molecule has 18 heavy (non-hydrogen) atoms. The lowest BCUT2D eigenvalue weighted by molar-refractivity contribution is 0.104. The SMILES string of the molecule is CNC(COCCC(C)C)c1cc(C)cc(C)c1. The van der Waals surface area contributed by atoms with E-state index in [9.17, 15) is 0 Å². The third kappa shape index (κ3) is 5.19. The Morgan fingerprint density at radius 3 is 2.22 bits per heavy atom. The summed E-state index contributed by atoms with van der Waals surface area (Å²) in [7, 11) is 1.99. The molecule has 0 heterocycles. The number of rotatable bonds is 7. The predicted molar refractivity (Wildman–Crippen MR) is 78.0 cm³/mol. The summed E-state index contributed by atoms with van der Waals surface area (Å²) < 4.78 is 5.77. The van der Waals surface area contributed by atoms with Crippen molar-refractivity contribution in [3.05, 3.63) is 34.9 Å². The van der Waals surface area contributed by atoms with Crippen LogP contribution in [0.15, 0.2) is 18.2 Å². The van der Waals surface area contributed by atoms with Crippen LogP contribution in [-0.4, -0.2) is 20.3 Å². The zero-order chi connectivity index (χ0) is 13.5. The molecule has 1 rings (SSSR count). The number of hydrogen-bond donors (Lipinski definition) is 1. The third-order valence-corrected chi connectivity index (χ3v) is 3.12. The van der Waals surface area contributed by atoms with E-state index in [1.54, 1.807) is 0 Å². The van der Waals surface area contributed by atoms with E-state index in [4.69, 9.17) is 4.74 Å². The van der Waals surface area contributed by atoms with Gasteiger partial charge in [0.25, 0.3) is 0 Å². The van der Waals surface area contributed by atoms with E-state index in [1.807, 2.05) is 7.05 Å². The van der Waals surface area contributed by atoms with Gasteiger partial charge in [-0.2, -0.15) is 0 Å². The topological polar surface area (TPSA) is 21.3 Å². The Balaban J connectivity index is 2.54. The van der Waals surface area contributed by atoms with Gasteiger partial charge in [-0.15, -0.1) is 0 Å². The average molecular weight is 249 g/mol. The monoisotopic (exact) mass is 249 g/mol. The Bertz CT molecular complexity index is 340. The van der Waals surface area contributed by atoms with E-state index in [2.05, 4.69) is 51.2 Å². The van der Waals surface area contributed by atoms with Crippen LogP contribution < -0.4 is 5.32 Å². The molecule has 0 aliphatic carbocycles. The molecule has 0 fully saturated rings. The zero-order valence-electron chi connectivity index (χ0n) is 12.4. The lowest BCUT2D eigenvalue weighted by atomic mass is 10.0. The standard InChI is InChI=1S/C16H27NO/c1-12(2)6-7-18-11-16(17-5)15-9-13(3)8-14(4)10-15/h8-10,12,16-17H,6-7,11H2,1-5H3. The van der Waals surface area contributed by atoms with Crippen LogP contribution in [0.4, 0.5) is 0 Å². The number of likely N-dealkylation sites (N-methyl/N-ethyl adjacent to an activating group) is 1. The van der Waals surface area contributed by atoms with Gasteiger partial charge >= 0.3 is 0 Å². The van der Waals surface area contributed by atoms with Crippen LogP contribution in [0.3, 0.4) is 0 Å². The van der Waals surface area contributed by atoms with E-state index in [1.165, 1.54) is 16.7 Å². The molecule has 0 saturated carbocycles. The molecule has 2 heteroatoms. The Labute approximate surface area is 112 Å². The summed E-state index contributed by atoms with van der Waals surface area (Å²) in [5.41, 5.74) is 3.94. The number of benzene rings is 1. The molecule has 1 aromatic carbocycles. The van der Waals surface area contributed by atoms with Crippen molar-refractivity contribution in [2.24, 2.45) is 5.92 Å². The molecule has 102 valence electrons. The van der Waals surface area contributed by atoms with Gasteiger partial charge in [0.15, 0.2) is 0 Å². The summed E-state index contributed by atoms with van der Waals surface area (Å²) in [6.45, 7) is 10.3. The second-order valence-electron chi connectivity index (χ2n) is 5.52. The van der Waals surface area contributed by atoms with E-state index >= 15 is 0 Å². The number of ether oxygens (including phenoxy) is 1. The molecule has 1 atom stereocenters. The first-order valence-electron chi connectivity index (χ1n) is 6.86. The van der Waals surface area contributed by atoms with Crippen LogP contribution in [0, 0.1) is 19.8 Å². The largest absolute Gasteiger partial charge is 0.379 e. The average Bonchev–Trinajstić information content (AvgIpc) is 2.27. The maximum Gasteiger partial charge on any atom is 0.0661 e. The van der Waals surface area contributed by atoms with E-state index < -0.39 is 0 Å².